The van der Waals surface area contributed by atoms with Crippen molar-refractivity contribution in [1.29, 1.82) is 0 Å². The minimum absolute atomic E-state index is 0.00824. The van der Waals surface area contributed by atoms with Crippen molar-refractivity contribution in [3.05, 3.63) is 0 Å². The Bertz CT molecular complexity index is 461. The van der Waals surface area contributed by atoms with Crippen molar-refractivity contribution < 1.29 is 14.8 Å². The lowest BCUT2D eigenvalue weighted by Crippen LogP contribution is -2.59. The zero-order valence-corrected chi connectivity index (χ0v) is 12.5. The summed E-state index contributed by atoms with van der Waals surface area (Å²) in [6, 6.07) is -0.0605. The quantitative estimate of drug-likeness (QED) is 0.288. The summed E-state index contributed by atoms with van der Waals surface area (Å²) in [7, 11) is 0. The van der Waals surface area contributed by atoms with Crippen LogP contribution >= 0.6 is 0 Å². The molecule has 1 atom stereocenters. The Hall–Kier alpha value is -1.99. The van der Waals surface area contributed by atoms with Gasteiger partial charge in [0.15, 0.2) is 5.84 Å². The average Bonchev–Trinajstić information content (AvgIpc) is 2.89. The van der Waals surface area contributed by atoms with Gasteiger partial charge >= 0.3 is 6.03 Å². The number of rotatable bonds is 4. The standard InChI is InChI=1S/C13H23N5O3/c1-3-13(4-2,10(14)16-21)11(19)17-5-6-18-9(8-17)7-15-12(18)20/h9,21H,3-8H2,1-2H3,(H2,14,16)(H,15,20). The largest absolute Gasteiger partial charge is 0.409 e. The van der Waals surface area contributed by atoms with Crippen molar-refractivity contribution in [1.82, 2.24) is 15.1 Å². The number of carbonyl (C=O) groups excluding carboxylic acids is 2. The van der Waals surface area contributed by atoms with Crippen molar-refractivity contribution in [2.45, 2.75) is 32.7 Å². The molecule has 0 bridgehead atoms. The van der Waals surface area contributed by atoms with Crippen LogP contribution in [0.15, 0.2) is 5.16 Å². The normalized spacial score (nSPS) is 23.0. The van der Waals surface area contributed by atoms with E-state index in [1.54, 1.807) is 9.80 Å². The molecule has 3 amide bonds. The highest BCUT2D eigenvalue weighted by Crippen LogP contribution is 2.31. The van der Waals surface area contributed by atoms with Crippen LogP contribution in [-0.2, 0) is 4.79 Å². The minimum Gasteiger partial charge on any atom is -0.409 e. The van der Waals surface area contributed by atoms with E-state index >= 15 is 0 Å². The summed E-state index contributed by atoms with van der Waals surface area (Å²) in [5.41, 5.74) is 4.82. The van der Waals surface area contributed by atoms with E-state index < -0.39 is 5.41 Å². The summed E-state index contributed by atoms with van der Waals surface area (Å²) < 4.78 is 0. The predicted molar refractivity (Wildman–Crippen MR) is 76.9 cm³/mol. The monoisotopic (exact) mass is 297 g/mol. The number of urea groups is 1. The third kappa shape index (κ3) is 2.38. The van der Waals surface area contributed by atoms with Crippen molar-refractivity contribution in [2.24, 2.45) is 16.3 Å². The van der Waals surface area contributed by atoms with Gasteiger partial charge in [0.1, 0.15) is 5.41 Å². The smallest absolute Gasteiger partial charge is 0.317 e. The maximum absolute atomic E-state index is 12.9. The molecule has 21 heavy (non-hydrogen) atoms. The fourth-order valence-corrected chi connectivity index (χ4v) is 3.21. The van der Waals surface area contributed by atoms with E-state index in [9.17, 15) is 9.59 Å². The van der Waals surface area contributed by atoms with Crippen LogP contribution in [-0.4, -0.2) is 65.0 Å². The maximum atomic E-state index is 12.9. The van der Waals surface area contributed by atoms with Gasteiger partial charge < -0.3 is 26.1 Å². The highest BCUT2D eigenvalue weighted by atomic mass is 16.4. The van der Waals surface area contributed by atoms with Crippen LogP contribution < -0.4 is 11.1 Å². The average molecular weight is 297 g/mol. The van der Waals surface area contributed by atoms with Gasteiger partial charge in [0.05, 0.1) is 6.04 Å². The van der Waals surface area contributed by atoms with Gasteiger partial charge in [-0.15, -0.1) is 0 Å². The molecule has 2 fully saturated rings. The molecule has 118 valence electrons. The van der Waals surface area contributed by atoms with E-state index in [1.807, 2.05) is 13.8 Å². The molecule has 2 heterocycles. The lowest BCUT2D eigenvalue weighted by molar-refractivity contribution is -0.141. The van der Waals surface area contributed by atoms with Gasteiger partial charge in [0.25, 0.3) is 0 Å². The zero-order valence-electron chi connectivity index (χ0n) is 12.5. The number of carbonyl (C=O) groups is 2. The van der Waals surface area contributed by atoms with Crippen LogP contribution in [0.25, 0.3) is 0 Å². The molecular weight excluding hydrogens is 274 g/mol. The number of nitrogens with two attached hydrogens (primary N) is 1. The number of piperazine rings is 1. The van der Waals surface area contributed by atoms with E-state index in [4.69, 9.17) is 10.9 Å². The van der Waals surface area contributed by atoms with E-state index in [0.717, 1.165) is 0 Å². The maximum Gasteiger partial charge on any atom is 0.317 e. The Balaban J connectivity index is 2.17. The summed E-state index contributed by atoms with van der Waals surface area (Å²) in [5.74, 6) is -0.164. The summed E-state index contributed by atoms with van der Waals surface area (Å²) in [5, 5.41) is 14.8. The van der Waals surface area contributed by atoms with Gasteiger partial charge in [-0.05, 0) is 12.8 Å². The van der Waals surface area contributed by atoms with Crippen LogP contribution in [0.2, 0.25) is 0 Å². The van der Waals surface area contributed by atoms with Crippen molar-refractivity contribution in [2.75, 3.05) is 26.2 Å². The highest BCUT2D eigenvalue weighted by Gasteiger charge is 2.45. The van der Waals surface area contributed by atoms with E-state index in [1.165, 1.54) is 0 Å². The third-order valence-corrected chi connectivity index (χ3v) is 4.73. The van der Waals surface area contributed by atoms with Crippen molar-refractivity contribution in [3.63, 3.8) is 0 Å². The topological polar surface area (TPSA) is 111 Å². The number of nitrogens with one attached hydrogen (secondary N) is 1. The molecule has 0 aromatic rings. The molecule has 1 unspecified atom stereocenters. The summed E-state index contributed by atoms with van der Waals surface area (Å²) in [6.07, 6.45) is 0.945. The van der Waals surface area contributed by atoms with Gasteiger partial charge in [-0.2, -0.15) is 0 Å². The second-order valence-electron chi connectivity index (χ2n) is 5.56. The zero-order chi connectivity index (χ0) is 15.6. The van der Waals surface area contributed by atoms with E-state index in [0.29, 0.717) is 39.0 Å². The molecule has 2 rings (SSSR count). The predicted octanol–water partition coefficient (Wildman–Crippen LogP) is -0.225. The molecule has 0 aliphatic carbocycles. The first-order valence-corrected chi connectivity index (χ1v) is 7.32. The van der Waals surface area contributed by atoms with Gasteiger partial charge in [-0.25, -0.2) is 4.79 Å². The van der Waals surface area contributed by atoms with Crippen molar-refractivity contribution in [3.8, 4) is 0 Å². The molecule has 8 nitrogen and oxygen atoms in total. The lowest BCUT2D eigenvalue weighted by atomic mass is 9.79. The molecule has 2 aliphatic heterocycles. The van der Waals surface area contributed by atoms with Crippen molar-refractivity contribution >= 4 is 17.8 Å². The van der Waals surface area contributed by atoms with Gasteiger partial charge in [-0.1, -0.05) is 19.0 Å². The van der Waals surface area contributed by atoms with Crippen LogP contribution in [0.4, 0.5) is 4.79 Å². The fraction of sp³-hybridized carbons (Fsp3) is 0.769. The molecule has 0 spiro atoms. The number of fused-ring (bicyclic) bond motifs is 1. The molecule has 2 aliphatic rings. The molecule has 0 saturated carbocycles. The lowest BCUT2D eigenvalue weighted by Gasteiger charge is -2.41. The number of oxime groups is 1. The second-order valence-corrected chi connectivity index (χ2v) is 5.56. The molecule has 0 aromatic heterocycles. The van der Waals surface area contributed by atoms with Crippen LogP contribution in [0.1, 0.15) is 26.7 Å². The Morgan fingerprint density at radius 1 is 1.48 bits per heavy atom. The van der Waals surface area contributed by atoms with Gasteiger partial charge in [0.2, 0.25) is 5.91 Å². The Morgan fingerprint density at radius 2 is 2.14 bits per heavy atom. The fourth-order valence-electron chi connectivity index (χ4n) is 3.21. The number of hydrogen-bond donors (Lipinski definition) is 3. The summed E-state index contributed by atoms with van der Waals surface area (Å²) in [4.78, 5) is 28.0. The van der Waals surface area contributed by atoms with Crippen LogP contribution in [0.3, 0.4) is 0 Å². The minimum atomic E-state index is -0.965. The summed E-state index contributed by atoms with van der Waals surface area (Å²) >= 11 is 0. The third-order valence-electron chi connectivity index (χ3n) is 4.73. The molecule has 0 radical (unpaired) electrons. The van der Waals surface area contributed by atoms with Crippen LogP contribution in [0.5, 0.6) is 0 Å². The first-order valence-electron chi connectivity index (χ1n) is 7.32. The molecule has 8 heteroatoms. The Morgan fingerprint density at radius 3 is 2.71 bits per heavy atom. The molecule has 4 N–H and O–H groups in total. The van der Waals surface area contributed by atoms with E-state index in [2.05, 4.69) is 10.5 Å². The molecule has 2 saturated heterocycles. The summed E-state index contributed by atoms with van der Waals surface area (Å²) in [6.45, 7) is 5.74. The van der Waals surface area contributed by atoms with Crippen LogP contribution in [0, 0.1) is 5.41 Å². The Labute approximate surface area is 123 Å². The molecular formula is C13H23N5O3. The molecule has 0 aromatic carbocycles. The van der Waals surface area contributed by atoms with E-state index in [-0.39, 0.29) is 23.8 Å². The number of amides is 3. The highest BCUT2D eigenvalue weighted by molar-refractivity contribution is 6.06. The number of hydrogen-bond acceptors (Lipinski definition) is 4. The number of nitrogens with zero attached hydrogens (tertiary/aromatic N) is 3. The first-order chi connectivity index (χ1) is 10.00. The second kappa shape index (κ2) is 5.79. The first kappa shape index (κ1) is 15.4. The number of amidine groups is 1. The Kier molecular flexibility index (Phi) is 4.24. The van der Waals surface area contributed by atoms with Gasteiger partial charge in [-0.3, -0.25) is 4.79 Å². The SMILES string of the molecule is CCC(CC)(C(=O)N1CCN2C(=O)NCC2C1)C(N)=NO. The van der Waals surface area contributed by atoms with Gasteiger partial charge in [0, 0.05) is 26.2 Å².